The van der Waals surface area contributed by atoms with E-state index in [0.29, 0.717) is 5.56 Å². The molecule has 0 heterocycles. The van der Waals surface area contributed by atoms with E-state index < -0.39 is 0 Å². The summed E-state index contributed by atoms with van der Waals surface area (Å²) in [4.78, 5) is 11.3. The van der Waals surface area contributed by atoms with Crippen molar-refractivity contribution in [1.29, 1.82) is 0 Å². The van der Waals surface area contributed by atoms with E-state index in [1.54, 1.807) is 0 Å². The van der Waals surface area contributed by atoms with Gasteiger partial charge in [0.2, 0.25) is 0 Å². The van der Waals surface area contributed by atoms with Crippen LogP contribution in [-0.2, 0) is 4.74 Å². The van der Waals surface area contributed by atoms with Crippen molar-refractivity contribution < 1.29 is 9.53 Å². The lowest BCUT2D eigenvalue weighted by Gasteiger charge is -2.05. The first-order chi connectivity index (χ1) is 6.06. The van der Waals surface area contributed by atoms with E-state index in [0.717, 1.165) is 13.6 Å². The van der Waals surface area contributed by atoms with Gasteiger partial charge < -0.3 is 4.74 Å². The summed E-state index contributed by atoms with van der Waals surface area (Å²) in [6.07, 6.45) is 0. The predicted octanol–water partition coefficient (Wildman–Crippen LogP) is 3.15. The fraction of sp³-hybridized carbons (Fsp3) is 0.222. The second kappa shape index (κ2) is 4.41. The normalized spacial score (nSPS) is 9.85. The summed E-state index contributed by atoms with van der Waals surface area (Å²) in [5.41, 5.74) is 1.64. The average Bonchev–Trinajstić information content (AvgIpc) is 2.10. The zero-order valence-corrected chi connectivity index (χ0v) is 11.0. The Morgan fingerprint density at radius 3 is 2.69 bits per heavy atom. The first kappa shape index (κ1) is 11.0. The van der Waals surface area contributed by atoms with Crippen LogP contribution in [0.15, 0.2) is 16.6 Å². The van der Waals surface area contributed by atoms with Gasteiger partial charge in [0, 0.05) is 8.04 Å². The lowest BCUT2D eigenvalue weighted by molar-refractivity contribution is 0.0599. The van der Waals surface area contributed by atoms with Crippen molar-refractivity contribution in [1.82, 2.24) is 0 Å². The van der Waals surface area contributed by atoms with E-state index in [1.165, 1.54) is 7.11 Å². The van der Waals surface area contributed by atoms with Crippen molar-refractivity contribution >= 4 is 44.5 Å². The van der Waals surface area contributed by atoms with Gasteiger partial charge in [-0.25, -0.2) is 4.79 Å². The summed E-state index contributed by atoms with van der Waals surface area (Å²) in [5.74, 6) is -0.292. The summed E-state index contributed by atoms with van der Waals surface area (Å²) >= 11 is 5.50. The van der Waals surface area contributed by atoms with Gasteiger partial charge >= 0.3 is 5.97 Å². The highest BCUT2D eigenvalue weighted by Crippen LogP contribution is 2.23. The number of esters is 1. The summed E-state index contributed by atoms with van der Waals surface area (Å²) in [6.45, 7) is 1.94. The monoisotopic (exact) mass is 354 g/mol. The topological polar surface area (TPSA) is 26.3 Å². The van der Waals surface area contributed by atoms with Crippen molar-refractivity contribution in [3.63, 3.8) is 0 Å². The van der Waals surface area contributed by atoms with Crippen LogP contribution in [0.5, 0.6) is 0 Å². The van der Waals surface area contributed by atoms with Gasteiger partial charge in [0.15, 0.2) is 0 Å². The number of benzene rings is 1. The Bertz CT molecular complexity index is 350. The van der Waals surface area contributed by atoms with E-state index in [1.807, 2.05) is 19.1 Å². The molecule has 0 aromatic heterocycles. The maximum atomic E-state index is 11.3. The third kappa shape index (κ3) is 2.43. The third-order valence-corrected chi connectivity index (χ3v) is 3.40. The molecule has 0 amide bonds. The molecule has 0 atom stereocenters. The number of halogens is 2. The SMILES string of the molecule is COC(=O)c1cc(C)c(Br)cc1I. The van der Waals surface area contributed by atoms with Crippen LogP contribution in [-0.4, -0.2) is 13.1 Å². The molecule has 4 heteroatoms. The Balaban J connectivity index is 3.23. The van der Waals surface area contributed by atoms with Crippen LogP contribution in [0.3, 0.4) is 0 Å². The van der Waals surface area contributed by atoms with Gasteiger partial charge in [-0.2, -0.15) is 0 Å². The Kier molecular flexibility index (Phi) is 3.73. The molecule has 0 fully saturated rings. The number of hydrogen-bond donors (Lipinski definition) is 0. The van der Waals surface area contributed by atoms with Crippen LogP contribution in [0.25, 0.3) is 0 Å². The van der Waals surface area contributed by atoms with Gasteiger partial charge in [0.25, 0.3) is 0 Å². The molecule has 0 saturated carbocycles. The Hall–Kier alpha value is -0.100. The summed E-state index contributed by atoms with van der Waals surface area (Å²) in [7, 11) is 1.38. The smallest absolute Gasteiger partial charge is 0.338 e. The second-order valence-electron chi connectivity index (χ2n) is 2.57. The van der Waals surface area contributed by atoms with E-state index >= 15 is 0 Å². The number of carbonyl (C=O) groups excluding carboxylic acids is 1. The van der Waals surface area contributed by atoms with Gasteiger partial charge in [-0.1, -0.05) is 15.9 Å². The van der Waals surface area contributed by atoms with Gasteiger partial charge in [0.1, 0.15) is 0 Å². The van der Waals surface area contributed by atoms with Crippen LogP contribution in [0, 0.1) is 10.5 Å². The van der Waals surface area contributed by atoms with Crippen LogP contribution in [0.1, 0.15) is 15.9 Å². The lowest BCUT2D eigenvalue weighted by Crippen LogP contribution is -2.04. The molecule has 0 unspecified atom stereocenters. The van der Waals surface area contributed by atoms with Gasteiger partial charge in [0.05, 0.1) is 12.7 Å². The number of rotatable bonds is 1. The molecule has 0 aliphatic heterocycles. The zero-order valence-electron chi connectivity index (χ0n) is 7.23. The van der Waals surface area contributed by atoms with Crippen molar-refractivity contribution in [3.05, 3.63) is 31.3 Å². The minimum Gasteiger partial charge on any atom is -0.465 e. The summed E-state index contributed by atoms with van der Waals surface area (Å²) < 4.78 is 6.55. The molecule has 2 nitrogen and oxygen atoms in total. The molecule has 0 N–H and O–H groups in total. The lowest BCUT2D eigenvalue weighted by atomic mass is 10.1. The highest BCUT2D eigenvalue weighted by atomic mass is 127. The Morgan fingerprint density at radius 2 is 2.15 bits per heavy atom. The number of ether oxygens (including phenoxy) is 1. The van der Waals surface area contributed by atoms with Crippen LogP contribution in [0.2, 0.25) is 0 Å². The van der Waals surface area contributed by atoms with Crippen LogP contribution >= 0.6 is 38.5 Å². The van der Waals surface area contributed by atoms with Crippen molar-refractivity contribution in [2.24, 2.45) is 0 Å². The van der Waals surface area contributed by atoms with Gasteiger partial charge in [-0.15, -0.1) is 0 Å². The average molecular weight is 355 g/mol. The minimum atomic E-state index is -0.292. The fourth-order valence-electron chi connectivity index (χ4n) is 0.924. The predicted molar refractivity (Wildman–Crippen MR) is 62.9 cm³/mol. The third-order valence-electron chi connectivity index (χ3n) is 1.65. The first-order valence-corrected chi connectivity index (χ1v) is 5.47. The standard InChI is InChI=1S/C9H8BrIO2/c1-5-3-6(9(12)13-2)8(11)4-7(5)10/h3-4H,1-2H3. The molecule has 1 aromatic carbocycles. The number of aryl methyl sites for hydroxylation is 1. The van der Waals surface area contributed by atoms with Crippen LogP contribution in [0.4, 0.5) is 0 Å². The molecule has 0 aliphatic carbocycles. The molecule has 0 bridgehead atoms. The van der Waals surface area contributed by atoms with Gasteiger partial charge in [-0.05, 0) is 47.2 Å². The highest BCUT2D eigenvalue weighted by Gasteiger charge is 2.11. The summed E-state index contributed by atoms with van der Waals surface area (Å²) in [5, 5.41) is 0. The maximum Gasteiger partial charge on any atom is 0.338 e. The molecule has 13 heavy (non-hydrogen) atoms. The molecule has 0 radical (unpaired) electrons. The largest absolute Gasteiger partial charge is 0.465 e. The zero-order chi connectivity index (χ0) is 10.0. The fourth-order valence-corrected chi connectivity index (χ4v) is 2.38. The van der Waals surface area contributed by atoms with E-state index in [9.17, 15) is 4.79 Å². The van der Waals surface area contributed by atoms with Crippen molar-refractivity contribution in [2.45, 2.75) is 6.92 Å². The number of hydrogen-bond acceptors (Lipinski definition) is 2. The number of carbonyl (C=O) groups is 1. The Labute approximate surface area is 98.9 Å². The molecular formula is C9H8BrIO2. The second-order valence-corrected chi connectivity index (χ2v) is 4.59. The maximum absolute atomic E-state index is 11.3. The Morgan fingerprint density at radius 1 is 1.54 bits per heavy atom. The van der Waals surface area contributed by atoms with Gasteiger partial charge in [-0.3, -0.25) is 0 Å². The summed E-state index contributed by atoms with van der Waals surface area (Å²) in [6, 6.07) is 3.72. The quantitative estimate of drug-likeness (QED) is 0.572. The minimum absolute atomic E-state index is 0.292. The molecule has 0 aliphatic rings. The molecule has 70 valence electrons. The molecule has 1 rings (SSSR count). The van der Waals surface area contributed by atoms with E-state index in [-0.39, 0.29) is 5.97 Å². The molecule has 0 saturated heterocycles. The first-order valence-electron chi connectivity index (χ1n) is 3.60. The molecular weight excluding hydrogens is 347 g/mol. The van der Waals surface area contributed by atoms with E-state index in [4.69, 9.17) is 0 Å². The van der Waals surface area contributed by atoms with Crippen molar-refractivity contribution in [3.8, 4) is 0 Å². The number of methoxy groups -OCH3 is 1. The van der Waals surface area contributed by atoms with Crippen molar-refractivity contribution in [2.75, 3.05) is 7.11 Å². The van der Waals surface area contributed by atoms with Crippen LogP contribution < -0.4 is 0 Å². The highest BCUT2D eigenvalue weighted by molar-refractivity contribution is 14.1. The van der Waals surface area contributed by atoms with E-state index in [2.05, 4.69) is 43.3 Å². The molecule has 1 aromatic rings. The molecule has 0 spiro atoms.